The van der Waals surface area contributed by atoms with E-state index in [2.05, 4.69) is 78.8 Å². The van der Waals surface area contributed by atoms with Gasteiger partial charge in [-0.15, -0.1) is 0 Å². The molecule has 0 spiro atoms. The number of nitrogens with zero attached hydrogens (tertiary/aromatic N) is 2. The standard InChI is InChI=1S/C26H28N2OS2/c1-4-15-27-21-13-11-19(3)17-23(21)30-25(27)9-7-6-8-10-26-28(16-5-2)22-14-12-20(29)18-24(22)31-26/h6-14,17-18H,4-5,15-16H2,1-3H3/p+1. The second kappa shape index (κ2) is 9.75. The molecular weight excluding hydrogens is 420 g/mol. The van der Waals surface area contributed by atoms with Crippen molar-refractivity contribution in [1.82, 2.24) is 0 Å². The Balaban J connectivity index is 1.53. The van der Waals surface area contributed by atoms with Crippen LogP contribution in [0, 0.1) is 6.92 Å². The zero-order chi connectivity index (χ0) is 21.8. The van der Waals surface area contributed by atoms with Gasteiger partial charge in [-0.2, -0.15) is 4.57 Å². The Morgan fingerprint density at radius 1 is 1.03 bits per heavy atom. The van der Waals surface area contributed by atoms with E-state index < -0.39 is 0 Å². The van der Waals surface area contributed by atoms with Crippen molar-refractivity contribution in [2.45, 2.75) is 45.1 Å². The summed E-state index contributed by atoms with van der Waals surface area (Å²) in [6.07, 6.45) is 12.9. The quantitative estimate of drug-likeness (QED) is 0.309. The zero-order valence-corrected chi connectivity index (χ0v) is 20.0. The van der Waals surface area contributed by atoms with Gasteiger partial charge in [-0.3, -0.25) is 0 Å². The lowest BCUT2D eigenvalue weighted by Crippen LogP contribution is -2.34. The van der Waals surface area contributed by atoms with Gasteiger partial charge in [0.15, 0.2) is 0 Å². The third-order valence-electron chi connectivity index (χ3n) is 5.20. The van der Waals surface area contributed by atoms with Crippen LogP contribution in [-0.4, -0.2) is 11.7 Å². The van der Waals surface area contributed by atoms with E-state index in [4.69, 9.17) is 0 Å². The van der Waals surface area contributed by atoms with Crippen LogP contribution in [0.3, 0.4) is 0 Å². The molecule has 0 saturated heterocycles. The van der Waals surface area contributed by atoms with E-state index in [-0.39, 0.29) is 0 Å². The fourth-order valence-electron chi connectivity index (χ4n) is 3.80. The Hall–Kier alpha value is -2.50. The molecule has 0 atom stereocenters. The number of thioether (sulfide) groups is 1. The minimum atomic E-state index is 0.321. The van der Waals surface area contributed by atoms with Crippen molar-refractivity contribution in [1.29, 1.82) is 0 Å². The molecule has 5 heteroatoms. The summed E-state index contributed by atoms with van der Waals surface area (Å²) in [6.45, 7) is 8.57. The number of phenolic OH excluding ortho intramolecular Hbond substituents is 1. The minimum Gasteiger partial charge on any atom is -0.508 e. The molecule has 1 N–H and O–H groups in total. The summed E-state index contributed by atoms with van der Waals surface area (Å²) in [5, 5.41) is 12.3. The number of aromatic hydroxyl groups is 1. The SMILES string of the molecule is CCCN1C(=CC=CC=Cc2sc3cc(C)ccc3[n+]2CCC)Sc2cc(O)ccc21. The lowest BCUT2D eigenvalue weighted by atomic mass is 10.2. The molecule has 0 saturated carbocycles. The van der Waals surface area contributed by atoms with Crippen molar-refractivity contribution in [2.24, 2.45) is 0 Å². The summed E-state index contributed by atoms with van der Waals surface area (Å²) >= 11 is 3.57. The van der Waals surface area contributed by atoms with Crippen LogP contribution in [0.4, 0.5) is 5.69 Å². The number of hydrogen-bond acceptors (Lipinski definition) is 4. The van der Waals surface area contributed by atoms with Gasteiger partial charge >= 0.3 is 0 Å². The van der Waals surface area contributed by atoms with Gasteiger partial charge in [0, 0.05) is 30.0 Å². The summed E-state index contributed by atoms with van der Waals surface area (Å²) in [6, 6.07) is 12.3. The largest absolute Gasteiger partial charge is 0.508 e. The van der Waals surface area contributed by atoms with E-state index in [1.165, 1.54) is 31.5 Å². The van der Waals surface area contributed by atoms with Crippen LogP contribution in [-0.2, 0) is 6.54 Å². The molecule has 2 heterocycles. The second-order valence-corrected chi connectivity index (χ2v) is 9.84. The van der Waals surface area contributed by atoms with Gasteiger partial charge in [-0.1, -0.05) is 61.2 Å². The van der Waals surface area contributed by atoms with Crippen molar-refractivity contribution in [3.63, 3.8) is 0 Å². The molecule has 0 radical (unpaired) electrons. The monoisotopic (exact) mass is 449 g/mol. The van der Waals surface area contributed by atoms with Gasteiger partial charge in [-0.25, -0.2) is 0 Å². The first kappa shape index (κ1) is 21.7. The number of hydrogen-bond donors (Lipinski definition) is 1. The average Bonchev–Trinajstić information content (AvgIpc) is 3.25. The first-order valence-electron chi connectivity index (χ1n) is 10.9. The maximum Gasteiger partial charge on any atom is 0.262 e. The molecule has 0 aliphatic carbocycles. The van der Waals surface area contributed by atoms with Crippen molar-refractivity contribution < 1.29 is 9.67 Å². The Morgan fingerprint density at radius 2 is 1.90 bits per heavy atom. The smallest absolute Gasteiger partial charge is 0.262 e. The van der Waals surface area contributed by atoms with E-state index >= 15 is 0 Å². The zero-order valence-electron chi connectivity index (χ0n) is 18.3. The molecular formula is C26H29N2OS2+. The molecule has 3 nitrogen and oxygen atoms in total. The molecule has 0 fully saturated rings. The molecule has 3 aromatic rings. The van der Waals surface area contributed by atoms with Crippen molar-refractivity contribution >= 4 is 45.1 Å². The Morgan fingerprint density at radius 3 is 2.71 bits per heavy atom. The number of anilines is 1. The predicted molar refractivity (Wildman–Crippen MR) is 135 cm³/mol. The van der Waals surface area contributed by atoms with Crippen LogP contribution >= 0.6 is 23.1 Å². The molecule has 0 bridgehead atoms. The highest BCUT2D eigenvalue weighted by molar-refractivity contribution is 8.03. The Bertz CT molecular complexity index is 1170. The van der Waals surface area contributed by atoms with Gasteiger partial charge < -0.3 is 10.0 Å². The van der Waals surface area contributed by atoms with E-state index in [0.29, 0.717) is 5.75 Å². The molecule has 0 unspecified atom stereocenters. The maximum absolute atomic E-state index is 9.81. The third kappa shape index (κ3) is 4.73. The fraction of sp³-hybridized carbons (Fsp3) is 0.269. The third-order valence-corrected chi connectivity index (χ3v) is 7.42. The Kier molecular flexibility index (Phi) is 6.83. The molecule has 1 aromatic heterocycles. The minimum absolute atomic E-state index is 0.321. The summed E-state index contributed by atoms with van der Waals surface area (Å²) < 4.78 is 3.76. The van der Waals surface area contributed by atoms with Gasteiger partial charge in [0.05, 0.1) is 10.7 Å². The molecule has 160 valence electrons. The van der Waals surface area contributed by atoms with Crippen LogP contribution in [0.5, 0.6) is 5.75 Å². The number of thiazole rings is 1. The lowest BCUT2D eigenvalue weighted by molar-refractivity contribution is -0.668. The summed E-state index contributed by atoms with van der Waals surface area (Å²) in [4.78, 5) is 3.45. The van der Waals surface area contributed by atoms with Crippen LogP contribution in [0.25, 0.3) is 16.3 Å². The van der Waals surface area contributed by atoms with Gasteiger partial charge in [-0.05, 0) is 49.2 Å². The van der Waals surface area contributed by atoms with Crippen molar-refractivity contribution in [3.8, 4) is 5.75 Å². The highest BCUT2D eigenvalue weighted by Crippen LogP contribution is 2.47. The number of aryl methyl sites for hydroxylation is 2. The van der Waals surface area contributed by atoms with Crippen LogP contribution < -0.4 is 9.47 Å². The van der Waals surface area contributed by atoms with Crippen LogP contribution in [0.15, 0.2) is 70.6 Å². The van der Waals surface area contributed by atoms with Gasteiger partial charge in [0.25, 0.3) is 5.01 Å². The number of benzene rings is 2. The van der Waals surface area contributed by atoms with Crippen LogP contribution in [0.1, 0.15) is 37.3 Å². The number of allylic oxidation sites excluding steroid dienone is 4. The predicted octanol–water partition coefficient (Wildman–Crippen LogP) is 7.05. The van der Waals surface area contributed by atoms with E-state index in [1.54, 1.807) is 17.8 Å². The normalized spacial score (nSPS) is 15.2. The summed E-state index contributed by atoms with van der Waals surface area (Å²) in [5.74, 6) is 0.321. The van der Waals surface area contributed by atoms with E-state index in [0.717, 1.165) is 30.8 Å². The van der Waals surface area contributed by atoms with E-state index in [9.17, 15) is 5.11 Å². The molecule has 2 aromatic carbocycles. The average molecular weight is 450 g/mol. The maximum atomic E-state index is 9.81. The second-order valence-electron chi connectivity index (χ2n) is 7.72. The molecule has 1 aliphatic rings. The topological polar surface area (TPSA) is 27.4 Å². The first-order chi connectivity index (χ1) is 15.1. The Labute approximate surface area is 193 Å². The molecule has 0 amide bonds. The van der Waals surface area contributed by atoms with Crippen molar-refractivity contribution in [2.75, 3.05) is 11.4 Å². The van der Waals surface area contributed by atoms with E-state index in [1.807, 2.05) is 23.5 Å². The number of phenols is 1. The molecule has 4 rings (SSSR count). The van der Waals surface area contributed by atoms with Crippen molar-refractivity contribution in [3.05, 3.63) is 76.3 Å². The first-order valence-corrected chi connectivity index (χ1v) is 12.5. The van der Waals surface area contributed by atoms with Gasteiger partial charge in [0.2, 0.25) is 5.52 Å². The molecule has 31 heavy (non-hydrogen) atoms. The fourth-order valence-corrected chi connectivity index (χ4v) is 6.14. The number of rotatable bonds is 7. The number of aromatic nitrogens is 1. The van der Waals surface area contributed by atoms with Gasteiger partial charge in [0.1, 0.15) is 17.0 Å². The summed E-state index contributed by atoms with van der Waals surface area (Å²) in [7, 11) is 0. The molecule has 1 aliphatic heterocycles. The lowest BCUT2D eigenvalue weighted by Gasteiger charge is -2.19. The highest BCUT2D eigenvalue weighted by Gasteiger charge is 2.24. The number of fused-ring (bicyclic) bond motifs is 2. The summed E-state index contributed by atoms with van der Waals surface area (Å²) in [5.41, 5.74) is 3.81. The highest BCUT2D eigenvalue weighted by atomic mass is 32.2. The van der Waals surface area contributed by atoms with Crippen LogP contribution in [0.2, 0.25) is 0 Å².